The van der Waals surface area contributed by atoms with Crippen molar-refractivity contribution in [3.05, 3.63) is 68.4 Å². The molecule has 0 spiro atoms. The fourth-order valence-electron chi connectivity index (χ4n) is 4.50. The van der Waals surface area contributed by atoms with Gasteiger partial charge >= 0.3 is 11.7 Å². The van der Waals surface area contributed by atoms with Crippen molar-refractivity contribution in [1.82, 2.24) is 29.4 Å². The summed E-state index contributed by atoms with van der Waals surface area (Å²) < 4.78 is 27.4. The first-order valence-electron chi connectivity index (χ1n) is 12.4. The monoisotopic (exact) mass is 572 g/mol. The summed E-state index contributed by atoms with van der Waals surface area (Å²) in [6.45, 7) is 7.51. The molecule has 0 fully saturated rings. The summed E-state index contributed by atoms with van der Waals surface area (Å²) in [6, 6.07) is 3.73. The van der Waals surface area contributed by atoms with Gasteiger partial charge in [0.15, 0.2) is 0 Å². The molecule has 0 aliphatic carbocycles. The molecule has 212 valence electrons. The van der Waals surface area contributed by atoms with Gasteiger partial charge in [-0.25, -0.2) is 13.8 Å². The van der Waals surface area contributed by atoms with Gasteiger partial charge in [-0.15, -0.1) is 4.80 Å². The van der Waals surface area contributed by atoms with Gasteiger partial charge in [0.1, 0.15) is 33.0 Å². The highest BCUT2D eigenvalue weighted by Crippen LogP contribution is 2.34. The fraction of sp³-hybridized carbons (Fsp3) is 0.385. The summed E-state index contributed by atoms with van der Waals surface area (Å²) in [4.78, 5) is 54.8. The second-order valence-corrected chi connectivity index (χ2v) is 10.4. The normalized spacial score (nSPS) is 12.4. The van der Waals surface area contributed by atoms with Gasteiger partial charge in [-0.1, -0.05) is 11.3 Å². The van der Waals surface area contributed by atoms with Crippen LogP contribution in [0.3, 0.4) is 0 Å². The predicted molar refractivity (Wildman–Crippen MR) is 145 cm³/mol. The zero-order chi connectivity index (χ0) is 29.4. The van der Waals surface area contributed by atoms with Crippen molar-refractivity contribution in [3.63, 3.8) is 0 Å². The summed E-state index contributed by atoms with van der Waals surface area (Å²) in [6.07, 6.45) is 1.76. The molecule has 40 heavy (non-hydrogen) atoms. The van der Waals surface area contributed by atoms with Crippen molar-refractivity contribution in [3.8, 4) is 10.8 Å². The summed E-state index contributed by atoms with van der Waals surface area (Å²) >= 11 is 1.08. The van der Waals surface area contributed by atoms with Crippen LogP contribution in [0.2, 0.25) is 0 Å². The number of esters is 1. The molecule has 14 heteroatoms. The number of carbonyl (C=O) groups excluding carboxylic acids is 2. The standard InChI is InChI=1S/C26H29FN6O6S/c1-7-28-24(36)26(4,5)32-21(35)20-14(2)22(33-29-10-11-30-33)40-23(20)31(25(32)37)13-19(39-15(3)34)17-12-16(27)8-9-18(17)38-6/h8-12,19H,7,13H2,1-6H3,(H,28,36). The summed E-state index contributed by atoms with van der Waals surface area (Å²) in [5.41, 5.74) is -2.41. The highest BCUT2D eigenvalue weighted by molar-refractivity contribution is 7.21. The van der Waals surface area contributed by atoms with E-state index in [1.807, 2.05) is 0 Å². The van der Waals surface area contributed by atoms with E-state index in [9.17, 15) is 23.6 Å². The van der Waals surface area contributed by atoms with E-state index in [4.69, 9.17) is 9.47 Å². The molecule has 1 amide bonds. The molecular formula is C26H29FN6O6S. The van der Waals surface area contributed by atoms with Gasteiger partial charge in [-0.2, -0.15) is 10.2 Å². The molecule has 1 aromatic carbocycles. The van der Waals surface area contributed by atoms with Gasteiger partial charge in [0, 0.05) is 24.6 Å². The van der Waals surface area contributed by atoms with Crippen molar-refractivity contribution >= 4 is 33.4 Å². The van der Waals surface area contributed by atoms with E-state index in [0.29, 0.717) is 10.6 Å². The fourth-order valence-corrected chi connectivity index (χ4v) is 5.72. The Labute approximate surface area is 231 Å². The Balaban J connectivity index is 2.06. The van der Waals surface area contributed by atoms with Crippen molar-refractivity contribution in [2.45, 2.75) is 52.8 Å². The lowest BCUT2D eigenvalue weighted by Crippen LogP contribution is -2.55. The minimum atomic E-state index is -1.59. The highest BCUT2D eigenvalue weighted by Gasteiger charge is 2.36. The van der Waals surface area contributed by atoms with Crippen molar-refractivity contribution in [1.29, 1.82) is 0 Å². The number of aryl methyl sites for hydroxylation is 1. The minimum Gasteiger partial charge on any atom is -0.496 e. The Morgan fingerprint density at radius 2 is 1.88 bits per heavy atom. The number of hydrogen-bond donors (Lipinski definition) is 1. The third kappa shape index (κ3) is 5.01. The summed E-state index contributed by atoms with van der Waals surface area (Å²) in [7, 11) is 1.38. The smallest absolute Gasteiger partial charge is 0.333 e. The van der Waals surface area contributed by atoms with Crippen LogP contribution < -0.4 is 21.3 Å². The van der Waals surface area contributed by atoms with Crippen LogP contribution in [0.25, 0.3) is 15.2 Å². The Hall–Kier alpha value is -4.33. The van der Waals surface area contributed by atoms with Gasteiger partial charge in [-0.3, -0.25) is 19.0 Å². The van der Waals surface area contributed by atoms with Crippen LogP contribution in [0.1, 0.15) is 44.9 Å². The van der Waals surface area contributed by atoms with E-state index in [1.54, 1.807) is 13.8 Å². The molecule has 1 N–H and O–H groups in total. The van der Waals surface area contributed by atoms with Gasteiger partial charge < -0.3 is 14.8 Å². The van der Waals surface area contributed by atoms with Crippen LogP contribution in [0.5, 0.6) is 5.75 Å². The maximum absolute atomic E-state index is 14.3. The number of hydrogen-bond acceptors (Lipinski definition) is 9. The molecule has 1 unspecified atom stereocenters. The number of likely N-dealkylation sites (N-methyl/N-ethyl adjacent to an activating group) is 1. The Kier molecular flexibility index (Phi) is 7.91. The summed E-state index contributed by atoms with van der Waals surface area (Å²) in [5, 5.41) is 11.6. The van der Waals surface area contributed by atoms with E-state index in [2.05, 4.69) is 15.5 Å². The number of ether oxygens (including phenoxy) is 2. The Bertz CT molecular complexity index is 1710. The van der Waals surface area contributed by atoms with Gasteiger partial charge in [0.05, 0.1) is 31.4 Å². The number of thiophene rings is 1. The Morgan fingerprint density at radius 1 is 1.20 bits per heavy atom. The maximum atomic E-state index is 14.3. The molecule has 12 nitrogen and oxygen atoms in total. The van der Waals surface area contributed by atoms with Crippen molar-refractivity contribution in [2.75, 3.05) is 13.7 Å². The average Bonchev–Trinajstić information content (AvgIpc) is 3.53. The van der Waals surface area contributed by atoms with E-state index in [0.717, 1.165) is 22.0 Å². The SMILES string of the molecule is CCNC(=O)C(C)(C)n1c(=O)c2c(C)c(-n3nccn3)sc2n(CC(OC(C)=O)c2cc(F)ccc2OC)c1=O. The molecule has 4 aromatic rings. The van der Waals surface area contributed by atoms with Crippen LogP contribution >= 0.6 is 11.3 Å². The molecular weight excluding hydrogens is 543 g/mol. The quantitative estimate of drug-likeness (QED) is 0.302. The molecule has 1 atom stereocenters. The lowest BCUT2D eigenvalue weighted by Gasteiger charge is -2.27. The van der Waals surface area contributed by atoms with Gasteiger partial charge in [0.2, 0.25) is 5.91 Å². The van der Waals surface area contributed by atoms with E-state index in [1.165, 1.54) is 61.8 Å². The van der Waals surface area contributed by atoms with Crippen LogP contribution in [0.15, 0.2) is 40.2 Å². The third-order valence-electron chi connectivity index (χ3n) is 6.43. The molecule has 0 saturated heterocycles. The molecule has 0 aliphatic rings. The number of carbonyl (C=O) groups is 2. The number of amides is 1. The molecule has 0 aliphatic heterocycles. The maximum Gasteiger partial charge on any atom is 0.333 e. The zero-order valence-electron chi connectivity index (χ0n) is 22.9. The molecule has 0 bridgehead atoms. The number of nitrogens with zero attached hydrogens (tertiary/aromatic N) is 5. The van der Waals surface area contributed by atoms with Crippen LogP contribution in [0, 0.1) is 12.7 Å². The molecule has 3 heterocycles. The minimum absolute atomic E-state index is 0.169. The topological polar surface area (TPSA) is 139 Å². The number of nitrogens with one attached hydrogen (secondary N) is 1. The van der Waals surface area contributed by atoms with Crippen molar-refractivity contribution in [2.24, 2.45) is 0 Å². The first-order valence-corrected chi connectivity index (χ1v) is 13.2. The van der Waals surface area contributed by atoms with E-state index >= 15 is 0 Å². The van der Waals surface area contributed by atoms with Crippen LogP contribution in [-0.4, -0.2) is 49.7 Å². The number of benzene rings is 1. The molecule has 4 rings (SSSR count). The van der Waals surface area contributed by atoms with Crippen LogP contribution in [0.4, 0.5) is 4.39 Å². The number of halogens is 1. The predicted octanol–water partition coefficient (Wildman–Crippen LogP) is 2.44. The average molecular weight is 573 g/mol. The number of methoxy groups -OCH3 is 1. The second kappa shape index (κ2) is 11.0. The third-order valence-corrected chi connectivity index (χ3v) is 7.72. The molecule has 3 aromatic heterocycles. The van der Waals surface area contributed by atoms with Crippen LogP contribution in [-0.2, 0) is 26.4 Å². The van der Waals surface area contributed by atoms with Gasteiger partial charge in [-0.05, 0) is 45.9 Å². The largest absolute Gasteiger partial charge is 0.496 e. The molecule has 0 radical (unpaired) electrons. The summed E-state index contributed by atoms with van der Waals surface area (Å²) in [5.74, 6) is -1.59. The van der Waals surface area contributed by atoms with E-state index in [-0.39, 0.29) is 34.6 Å². The second-order valence-electron chi connectivity index (χ2n) is 9.47. The number of aromatic nitrogens is 5. The van der Waals surface area contributed by atoms with Gasteiger partial charge in [0.25, 0.3) is 5.56 Å². The van der Waals surface area contributed by atoms with Crippen molar-refractivity contribution < 1.29 is 23.5 Å². The van der Waals surface area contributed by atoms with E-state index < -0.39 is 40.6 Å². The lowest BCUT2D eigenvalue weighted by molar-refractivity contribution is -0.147. The first-order chi connectivity index (χ1) is 18.9. The first kappa shape index (κ1) is 28.7. The number of rotatable bonds is 9. The highest BCUT2D eigenvalue weighted by atomic mass is 32.1. The Morgan fingerprint density at radius 3 is 2.48 bits per heavy atom. The molecule has 0 saturated carbocycles. The lowest BCUT2D eigenvalue weighted by atomic mass is 10.0. The zero-order valence-corrected chi connectivity index (χ0v) is 23.7. The number of fused-ring (bicyclic) bond motifs is 1.